The Kier molecular flexibility index (Phi) is 6.89. The molecule has 0 unspecified atom stereocenters. The lowest BCUT2D eigenvalue weighted by Gasteiger charge is -2.20. The highest BCUT2D eigenvalue weighted by atomic mass is 17.0. The summed E-state index contributed by atoms with van der Waals surface area (Å²) in [6, 6.07) is 0. The van der Waals surface area contributed by atoms with Crippen LogP contribution in [-0.4, -0.2) is 48.2 Å². The van der Waals surface area contributed by atoms with Gasteiger partial charge in [-0.3, -0.25) is 0 Å². The topological polar surface area (TPSA) is 88.9 Å². The van der Waals surface area contributed by atoms with E-state index < -0.39 is 13.6 Å². The molecule has 0 spiro atoms. The van der Waals surface area contributed by atoms with Crippen LogP contribution in [0.4, 0.5) is 0 Å². The van der Waals surface area contributed by atoms with Gasteiger partial charge < -0.3 is 15.7 Å². The van der Waals surface area contributed by atoms with Crippen LogP contribution >= 0.6 is 0 Å². The van der Waals surface area contributed by atoms with Crippen LogP contribution in [0.3, 0.4) is 0 Å². The predicted octanol–water partition coefficient (Wildman–Crippen LogP) is -1.35. The molecule has 0 rings (SSSR count). The van der Waals surface area contributed by atoms with Crippen LogP contribution in [0.2, 0.25) is 0 Å². The van der Waals surface area contributed by atoms with Gasteiger partial charge in [0, 0.05) is 0 Å². The van der Waals surface area contributed by atoms with E-state index in [2.05, 4.69) is 9.68 Å². The summed E-state index contributed by atoms with van der Waals surface area (Å²) < 4.78 is 0. The predicted molar refractivity (Wildman–Crippen MR) is 30.4 cm³/mol. The van der Waals surface area contributed by atoms with E-state index in [0.29, 0.717) is 0 Å². The molecule has 0 saturated carbocycles. The standard InChI is InChI=1S/C4H12NO4.H2O/c1-5(2,8-3-6)9-4-7;/h6-7H,3-4H2,1-2H3;1H2/q+1;/p-1. The molecule has 64 valence electrons. The van der Waals surface area contributed by atoms with Crippen LogP contribution < -0.4 is 0 Å². The average Bonchev–Trinajstić information content (AvgIpc) is 1.64. The Labute approximate surface area is 59.0 Å². The smallest absolute Gasteiger partial charge is 0.206 e. The van der Waals surface area contributed by atoms with Gasteiger partial charge >= 0.3 is 0 Å². The number of hydrogen-bond donors (Lipinski definition) is 2. The first-order valence-electron chi connectivity index (χ1n) is 2.47. The molecule has 0 aromatic heterocycles. The third-order valence-corrected chi connectivity index (χ3v) is 0.737. The Hall–Kier alpha value is -0.240. The van der Waals surface area contributed by atoms with Gasteiger partial charge in [0.25, 0.3) is 0 Å². The summed E-state index contributed by atoms with van der Waals surface area (Å²) in [7, 11) is 3.07. The molecule has 0 aromatic carbocycles. The van der Waals surface area contributed by atoms with Crippen LogP contribution in [0.25, 0.3) is 0 Å². The van der Waals surface area contributed by atoms with E-state index in [1.165, 1.54) is 14.1 Å². The number of nitrogens with zero attached hydrogens (tertiary/aromatic N) is 1. The van der Waals surface area contributed by atoms with Crippen molar-refractivity contribution >= 4 is 0 Å². The van der Waals surface area contributed by atoms with E-state index in [-0.39, 0.29) is 10.3 Å². The zero-order chi connectivity index (χ0) is 7.33. The van der Waals surface area contributed by atoms with Gasteiger partial charge in [-0.2, -0.15) is 0 Å². The summed E-state index contributed by atoms with van der Waals surface area (Å²) >= 11 is 0. The van der Waals surface area contributed by atoms with Crippen molar-refractivity contribution in [3.63, 3.8) is 0 Å². The van der Waals surface area contributed by atoms with Gasteiger partial charge in [0.2, 0.25) is 13.6 Å². The molecule has 0 saturated heterocycles. The van der Waals surface area contributed by atoms with Crippen molar-refractivity contribution in [2.45, 2.75) is 0 Å². The number of aliphatic hydroxyl groups excluding tert-OH is 2. The monoisotopic (exact) mass is 155 g/mol. The van der Waals surface area contributed by atoms with Gasteiger partial charge in [0.15, 0.2) is 0 Å². The van der Waals surface area contributed by atoms with Crippen LogP contribution in [0, 0.1) is 0 Å². The van der Waals surface area contributed by atoms with E-state index in [1.807, 2.05) is 0 Å². The van der Waals surface area contributed by atoms with Crippen LogP contribution in [0.15, 0.2) is 0 Å². The second-order valence-corrected chi connectivity index (χ2v) is 1.77. The third kappa shape index (κ3) is 5.89. The second kappa shape index (κ2) is 5.54. The fraction of sp³-hybridized carbons (Fsp3) is 1.00. The average molecular weight is 155 g/mol. The summed E-state index contributed by atoms with van der Waals surface area (Å²) in [4.78, 5) is 8.85. The molecule has 0 aliphatic rings. The Bertz CT molecular complexity index is 68.0. The van der Waals surface area contributed by atoms with Gasteiger partial charge in [0.1, 0.15) is 14.1 Å². The fourth-order valence-electron chi connectivity index (χ4n) is 0.315. The largest absolute Gasteiger partial charge is 0.870 e. The number of hydroxylamine groups is 4. The number of hydrogen-bond acceptors (Lipinski definition) is 5. The van der Waals surface area contributed by atoms with E-state index in [0.717, 1.165) is 0 Å². The minimum atomic E-state index is -0.438. The number of aliphatic hydroxyl groups is 2. The summed E-state index contributed by atoms with van der Waals surface area (Å²) in [6.07, 6.45) is 0. The lowest BCUT2D eigenvalue weighted by molar-refractivity contribution is -1.23. The van der Waals surface area contributed by atoms with Gasteiger partial charge in [-0.05, 0) is 4.81 Å². The van der Waals surface area contributed by atoms with Crippen LogP contribution in [0.5, 0.6) is 0 Å². The van der Waals surface area contributed by atoms with Crippen molar-refractivity contribution in [2.75, 3.05) is 27.7 Å². The highest BCUT2D eigenvalue weighted by Crippen LogP contribution is 1.97. The molecule has 6 heteroatoms. The minimum Gasteiger partial charge on any atom is -0.870 e. The molecule has 0 aliphatic carbocycles. The molecule has 6 nitrogen and oxygen atoms in total. The maximum atomic E-state index is 8.23. The normalized spacial score (nSPS) is 10.8. The summed E-state index contributed by atoms with van der Waals surface area (Å²) in [5, 5.41) is 16.5. The van der Waals surface area contributed by atoms with Crippen molar-refractivity contribution in [3.8, 4) is 0 Å². The first-order chi connectivity index (χ1) is 4.12. The lowest BCUT2D eigenvalue weighted by Crippen LogP contribution is -2.40. The molecule has 10 heavy (non-hydrogen) atoms. The van der Waals surface area contributed by atoms with Crippen molar-refractivity contribution in [1.82, 2.24) is 0 Å². The summed E-state index contributed by atoms with van der Waals surface area (Å²) in [6.45, 7) is -0.875. The third-order valence-electron chi connectivity index (χ3n) is 0.737. The molecule has 0 atom stereocenters. The molecular weight excluding hydrogens is 142 g/mol. The number of quaternary nitrogens is 1. The van der Waals surface area contributed by atoms with Crippen molar-refractivity contribution in [1.29, 1.82) is 0 Å². The molecule has 0 amide bonds. The highest BCUT2D eigenvalue weighted by Gasteiger charge is 2.16. The summed E-state index contributed by atoms with van der Waals surface area (Å²) in [5.74, 6) is 0. The first-order valence-corrected chi connectivity index (χ1v) is 2.47. The van der Waals surface area contributed by atoms with Gasteiger partial charge in [-0.25, -0.2) is 0 Å². The Morgan fingerprint density at radius 3 is 1.60 bits per heavy atom. The SMILES string of the molecule is C[N+](C)(OCO)OCO.[OH-]. The molecule has 0 aliphatic heterocycles. The van der Waals surface area contributed by atoms with Gasteiger partial charge in [-0.15, -0.1) is 9.68 Å². The quantitative estimate of drug-likeness (QED) is 0.297. The molecule has 3 N–H and O–H groups in total. The second-order valence-electron chi connectivity index (χ2n) is 1.77. The van der Waals surface area contributed by atoms with E-state index >= 15 is 0 Å². The van der Waals surface area contributed by atoms with E-state index in [1.54, 1.807) is 0 Å². The molecule has 0 aromatic rings. The van der Waals surface area contributed by atoms with Crippen LogP contribution in [0.1, 0.15) is 0 Å². The highest BCUT2D eigenvalue weighted by molar-refractivity contribution is 3.79. The zero-order valence-electron chi connectivity index (χ0n) is 6.02. The number of rotatable bonds is 4. The minimum absolute atomic E-state index is 0. The Balaban J connectivity index is 0. The first kappa shape index (κ1) is 12.4. The van der Waals surface area contributed by atoms with Gasteiger partial charge in [0.05, 0.1) is 0 Å². The van der Waals surface area contributed by atoms with E-state index in [9.17, 15) is 0 Å². The van der Waals surface area contributed by atoms with Crippen molar-refractivity contribution in [2.24, 2.45) is 0 Å². The molecular formula is C4H13NO5. The van der Waals surface area contributed by atoms with Gasteiger partial charge in [-0.1, -0.05) is 0 Å². The summed E-state index contributed by atoms with van der Waals surface area (Å²) in [5.41, 5.74) is 0. The fourth-order valence-corrected chi connectivity index (χ4v) is 0.315. The van der Waals surface area contributed by atoms with Crippen molar-refractivity contribution in [3.05, 3.63) is 0 Å². The lowest BCUT2D eigenvalue weighted by atomic mass is 11.1. The Morgan fingerprint density at radius 1 is 1.10 bits per heavy atom. The molecule has 0 fully saturated rings. The van der Waals surface area contributed by atoms with Crippen molar-refractivity contribution < 1.29 is 30.2 Å². The maximum Gasteiger partial charge on any atom is 0.206 e. The molecule has 0 bridgehead atoms. The molecule has 0 heterocycles. The maximum absolute atomic E-state index is 8.23. The molecule has 0 radical (unpaired) electrons. The van der Waals surface area contributed by atoms with Crippen LogP contribution in [-0.2, 0) is 9.68 Å². The van der Waals surface area contributed by atoms with E-state index in [4.69, 9.17) is 10.2 Å². The Morgan fingerprint density at radius 2 is 1.40 bits per heavy atom. The zero-order valence-corrected chi connectivity index (χ0v) is 6.02.